The van der Waals surface area contributed by atoms with E-state index in [1.165, 1.54) is 16.5 Å². The van der Waals surface area contributed by atoms with Crippen molar-refractivity contribution in [1.29, 1.82) is 5.41 Å². The van der Waals surface area contributed by atoms with Gasteiger partial charge in [-0.1, -0.05) is 22.0 Å². The Labute approximate surface area is 103 Å². The quantitative estimate of drug-likeness (QED) is 0.761. The summed E-state index contributed by atoms with van der Waals surface area (Å²) in [4.78, 5) is 0. The maximum absolute atomic E-state index is 8.06. The number of halogens is 1. The first-order chi connectivity index (χ1) is 7.68. The second-order valence-electron chi connectivity index (χ2n) is 4.38. The number of aromatic nitrogens is 1. The molecule has 3 heteroatoms. The third-order valence-electron chi connectivity index (χ3n) is 3.41. The molecule has 1 aliphatic rings. The van der Waals surface area contributed by atoms with Crippen LogP contribution in [0.25, 0.3) is 10.9 Å². The number of fused-ring (bicyclic) bond motifs is 3. The number of hydrogen-bond donors (Lipinski definition) is 1. The molecule has 1 N–H and O–H groups in total. The molecule has 0 radical (unpaired) electrons. The number of benzene rings is 1. The monoisotopic (exact) mass is 276 g/mol. The highest BCUT2D eigenvalue weighted by Crippen LogP contribution is 2.32. The van der Waals surface area contributed by atoms with Crippen LogP contribution in [-0.2, 0) is 13.5 Å². The summed E-state index contributed by atoms with van der Waals surface area (Å²) in [6.45, 7) is 0. The first-order valence-corrected chi connectivity index (χ1v) is 6.32. The Morgan fingerprint density at radius 3 is 2.94 bits per heavy atom. The Bertz CT molecular complexity index is 595. The summed E-state index contributed by atoms with van der Waals surface area (Å²) < 4.78 is 3.26. The van der Waals surface area contributed by atoms with E-state index in [0.717, 1.165) is 35.1 Å². The zero-order valence-corrected chi connectivity index (χ0v) is 10.8. The molecule has 0 aliphatic heterocycles. The van der Waals surface area contributed by atoms with Crippen LogP contribution in [0.2, 0.25) is 0 Å². The lowest BCUT2D eigenvalue weighted by Gasteiger charge is -2.14. The van der Waals surface area contributed by atoms with Gasteiger partial charge in [0.15, 0.2) is 0 Å². The molecule has 1 heterocycles. The molecule has 1 aromatic heterocycles. The highest BCUT2D eigenvalue weighted by molar-refractivity contribution is 9.10. The Morgan fingerprint density at radius 2 is 2.12 bits per heavy atom. The summed E-state index contributed by atoms with van der Waals surface area (Å²) in [6, 6.07) is 6.39. The average Bonchev–Trinajstić information content (AvgIpc) is 2.54. The van der Waals surface area contributed by atoms with Crippen molar-refractivity contribution in [2.24, 2.45) is 7.05 Å². The standard InChI is InChI=1S/C13H13BrN2/c1-16-12-7-8(14)5-6-9(12)10-3-2-4-11(15)13(10)16/h5-7,15H,2-4H2,1H3. The fourth-order valence-electron chi connectivity index (χ4n) is 2.69. The minimum absolute atomic E-state index is 0.788. The van der Waals surface area contributed by atoms with Gasteiger partial charge in [0, 0.05) is 22.4 Å². The van der Waals surface area contributed by atoms with Crippen molar-refractivity contribution < 1.29 is 0 Å². The highest BCUT2D eigenvalue weighted by atomic mass is 79.9. The second-order valence-corrected chi connectivity index (χ2v) is 5.30. The van der Waals surface area contributed by atoms with Crippen LogP contribution in [0, 0.1) is 5.41 Å². The second kappa shape index (κ2) is 3.45. The Kier molecular flexibility index (Phi) is 2.18. The van der Waals surface area contributed by atoms with Crippen LogP contribution in [0.4, 0.5) is 0 Å². The zero-order valence-electron chi connectivity index (χ0n) is 9.18. The molecule has 0 atom stereocenters. The van der Waals surface area contributed by atoms with Gasteiger partial charge in [-0.15, -0.1) is 0 Å². The maximum Gasteiger partial charge on any atom is 0.0659 e. The normalized spacial score (nSPS) is 15.5. The molecule has 3 rings (SSSR count). The Balaban J connectivity index is 2.43. The fourth-order valence-corrected chi connectivity index (χ4v) is 3.03. The summed E-state index contributed by atoms with van der Waals surface area (Å²) in [5.41, 5.74) is 4.52. The fraction of sp³-hybridized carbons (Fsp3) is 0.308. The minimum atomic E-state index is 0.788. The van der Waals surface area contributed by atoms with Gasteiger partial charge in [-0.3, -0.25) is 0 Å². The van der Waals surface area contributed by atoms with E-state index in [0.29, 0.717) is 0 Å². The lowest BCUT2D eigenvalue weighted by atomic mass is 9.94. The lowest BCUT2D eigenvalue weighted by molar-refractivity contribution is 0.810. The number of aryl methyl sites for hydroxylation is 2. The molecule has 0 spiro atoms. The van der Waals surface area contributed by atoms with Gasteiger partial charge in [0.25, 0.3) is 0 Å². The van der Waals surface area contributed by atoms with E-state index in [2.05, 4.69) is 45.7 Å². The smallest absolute Gasteiger partial charge is 0.0659 e. The molecule has 0 amide bonds. The molecule has 0 fully saturated rings. The van der Waals surface area contributed by atoms with E-state index in [1.807, 2.05) is 0 Å². The lowest BCUT2D eigenvalue weighted by Crippen LogP contribution is -2.13. The van der Waals surface area contributed by atoms with Gasteiger partial charge < -0.3 is 9.98 Å². The van der Waals surface area contributed by atoms with Gasteiger partial charge in [0.2, 0.25) is 0 Å². The summed E-state index contributed by atoms with van der Waals surface area (Å²) in [5, 5.41) is 9.38. The van der Waals surface area contributed by atoms with E-state index in [4.69, 9.17) is 5.41 Å². The summed E-state index contributed by atoms with van der Waals surface area (Å²) in [6.07, 6.45) is 3.13. The molecule has 2 aromatic rings. The van der Waals surface area contributed by atoms with Gasteiger partial charge in [-0.05, 0) is 37.0 Å². The topological polar surface area (TPSA) is 28.8 Å². The molecule has 1 aromatic carbocycles. The third-order valence-corrected chi connectivity index (χ3v) is 3.90. The number of hydrogen-bond acceptors (Lipinski definition) is 1. The molecule has 0 unspecified atom stereocenters. The maximum atomic E-state index is 8.06. The molecule has 0 bridgehead atoms. The third kappa shape index (κ3) is 1.27. The first kappa shape index (κ1) is 10.1. The Hall–Kier alpha value is -1.09. The summed E-state index contributed by atoms with van der Waals surface area (Å²) >= 11 is 3.51. The summed E-state index contributed by atoms with van der Waals surface area (Å²) in [7, 11) is 2.06. The Morgan fingerprint density at radius 1 is 1.31 bits per heavy atom. The average molecular weight is 277 g/mol. The molecular weight excluding hydrogens is 264 g/mol. The number of nitrogens with zero attached hydrogens (tertiary/aromatic N) is 1. The van der Waals surface area contributed by atoms with Crippen molar-refractivity contribution in [2.75, 3.05) is 0 Å². The van der Waals surface area contributed by atoms with E-state index in [-0.39, 0.29) is 0 Å². The van der Waals surface area contributed by atoms with Gasteiger partial charge in [0.05, 0.1) is 11.4 Å². The number of nitrogens with one attached hydrogen (secondary N) is 1. The van der Waals surface area contributed by atoms with E-state index in [1.54, 1.807) is 0 Å². The van der Waals surface area contributed by atoms with Crippen LogP contribution in [0.3, 0.4) is 0 Å². The van der Waals surface area contributed by atoms with Crippen molar-refractivity contribution in [3.63, 3.8) is 0 Å². The molecule has 2 nitrogen and oxygen atoms in total. The predicted octanol–water partition coefficient (Wildman–Crippen LogP) is 3.64. The zero-order chi connectivity index (χ0) is 11.3. The van der Waals surface area contributed by atoms with Gasteiger partial charge >= 0.3 is 0 Å². The molecule has 1 aliphatic carbocycles. The van der Waals surface area contributed by atoms with Crippen LogP contribution in [0.15, 0.2) is 22.7 Å². The van der Waals surface area contributed by atoms with E-state index >= 15 is 0 Å². The molecule has 82 valence electrons. The van der Waals surface area contributed by atoms with Gasteiger partial charge in [-0.2, -0.15) is 0 Å². The SMILES string of the molecule is Cn1c2c(c3ccc(Br)cc31)CCCC2=N. The van der Waals surface area contributed by atoms with Crippen LogP contribution in [-0.4, -0.2) is 10.3 Å². The van der Waals surface area contributed by atoms with Crippen molar-refractivity contribution in [1.82, 2.24) is 4.57 Å². The van der Waals surface area contributed by atoms with E-state index in [9.17, 15) is 0 Å². The van der Waals surface area contributed by atoms with Crippen LogP contribution >= 0.6 is 15.9 Å². The van der Waals surface area contributed by atoms with Crippen LogP contribution < -0.4 is 0 Å². The van der Waals surface area contributed by atoms with Crippen molar-refractivity contribution in [3.05, 3.63) is 33.9 Å². The van der Waals surface area contributed by atoms with Crippen LogP contribution in [0.1, 0.15) is 24.1 Å². The van der Waals surface area contributed by atoms with Gasteiger partial charge in [0.1, 0.15) is 0 Å². The van der Waals surface area contributed by atoms with Crippen molar-refractivity contribution in [3.8, 4) is 0 Å². The summed E-state index contributed by atoms with van der Waals surface area (Å²) in [5.74, 6) is 0. The molecular formula is C13H13BrN2. The largest absolute Gasteiger partial charge is 0.342 e. The molecule has 0 saturated heterocycles. The molecule has 0 saturated carbocycles. The number of rotatable bonds is 0. The van der Waals surface area contributed by atoms with Gasteiger partial charge in [-0.25, -0.2) is 0 Å². The van der Waals surface area contributed by atoms with E-state index < -0.39 is 0 Å². The van der Waals surface area contributed by atoms with Crippen molar-refractivity contribution in [2.45, 2.75) is 19.3 Å². The predicted molar refractivity (Wildman–Crippen MR) is 70.4 cm³/mol. The highest BCUT2D eigenvalue weighted by Gasteiger charge is 2.21. The first-order valence-electron chi connectivity index (χ1n) is 5.53. The van der Waals surface area contributed by atoms with Crippen LogP contribution in [0.5, 0.6) is 0 Å². The molecule has 16 heavy (non-hydrogen) atoms. The van der Waals surface area contributed by atoms with Crippen molar-refractivity contribution >= 4 is 32.5 Å². The minimum Gasteiger partial charge on any atom is -0.342 e.